The summed E-state index contributed by atoms with van der Waals surface area (Å²) < 4.78 is 0.780. The third kappa shape index (κ3) is 6.18. The zero-order valence-corrected chi connectivity index (χ0v) is 20.1. The summed E-state index contributed by atoms with van der Waals surface area (Å²) in [6.07, 6.45) is 0.957. The Kier molecular flexibility index (Phi) is 7.92. The van der Waals surface area contributed by atoms with Crippen molar-refractivity contribution >= 4 is 45.5 Å². The molecule has 0 saturated heterocycles. The van der Waals surface area contributed by atoms with E-state index < -0.39 is 0 Å². The predicted molar refractivity (Wildman–Crippen MR) is 135 cm³/mol. The summed E-state index contributed by atoms with van der Waals surface area (Å²) in [5, 5.41) is 17.6. The van der Waals surface area contributed by atoms with Gasteiger partial charge in [0.2, 0.25) is 11.0 Å². The van der Waals surface area contributed by atoms with Gasteiger partial charge in [0, 0.05) is 11.4 Å². The summed E-state index contributed by atoms with van der Waals surface area (Å²) in [7, 11) is 0. The fourth-order valence-corrected chi connectivity index (χ4v) is 5.83. The van der Waals surface area contributed by atoms with Gasteiger partial charge >= 0.3 is 0 Å². The van der Waals surface area contributed by atoms with Crippen LogP contribution >= 0.6 is 34.4 Å². The Morgan fingerprint density at radius 3 is 2.28 bits per heavy atom. The molecule has 164 valence electrons. The number of hydrogen-bond donors (Lipinski definition) is 2. The molecule has 0 fully saturated rings. The van der Waals surface area contributed by atoms with Crippen molar-refractivity contribution in [2.75, 3.05) is 11.9 Å². The fourth-order valence-electron chi connectivity index (χ4n) is 3.19. The van der Waals surface area contributed by atoms with Crippen LogP contribution in [0.3, 0.4) is 0 Å². The topological polar surface area (TPSA) is 66.9 Å². The molecule has 0 aliphatic carbocycles. The molecule has 0 bridgehead atoms. The van der Waals surface area contributed by atoms with Crippen LogP contribution in [0.25, 0.3) is 0 Å². The highest BCUT2D eigenvalue weighted by molar-refractivity contribution is 8.02. The molecular weight excluding hydrogens is 456 g/mol. The number of aromatic nitrogens is 2. The average Bonchev–Trinajstić information content (AvgIpc) is 3.51. The van der Waals surface area contributed by atoms with Gasteiger partial charge in [0.05, 0.1) is 11.3 Å². The predicted octanol–water partition coefficient (Wildman–Crippen LogP) is 5.64. The van der Waals surface area contributed by atoms with Crippen LogP contribution in [0, 0.1) is 0 Å². The molecule has 0 saturated carbocycles. The number of nitrogens with zero attached hydrogens (tertiary/aromatic N) is 2. The van der Waals surface area contributed by atoms with E-state index in [-0.39, 0.29) is 17.2 Å². The summed E-state index contributed by atoms with van der Waals surface area (Å²) in [6, 6.07) is 24.1. The largest absolute Gasteiger partial charge is 0.360 e. The van der Waals surface area contributed by atoms with Gasteiger partial charge in [0.25, 0.3) is 0 Å². The van der Waals surface area contributed by atoms with Crippen LogP contribution in [0.2, 0.25) is 0 Å². The zero-order chi connectivity index (χ0) is 22.2. The lowest BCUT2D eigenvalue weighted by atomic mass is 9.98. The molecule has 1 atom stereocenters. The van der Waals surface area contributed by atoms with Crippen LogP contribution in [0.4, 0.5) is 5.13 Å². The maximum atomic E-state index is 13.0. The van der Waals surface area contributed by atoms with Gasteiger partial charge in [-0.3, -0.25) is 4.79 Å². The van der Waals surface area contributed by atoms with Gasteiger partial charge in [-0.25, -0.2) is 0 Å². The standard InChI is InChI=1S/C24H24N4OS3/c1-17(31-24-28-27-23(32-24)25-15-14-20-13-8-16-30-20)22(29)26-21(18-9-4-2-5-10-18)19-11-6-3-7-12-19/h2-13,16-17,21H,14-15H2,1H3,(H,25,27)(H,26,29). The van der Waals surface area contributed by atoms with E-state index in [1.54, 1.807) is 11.3 Å². The lowest BCUT2D eigenvalue weighted by molar-refractivity contribution is -0.120. The first kappa shape index (κ1) is 22.5. The molecule has 0 aliphatic heterocycles. The van der Waals surface area contributed by atoms with Crippen molar-refractivity contribution in [3.8, 4) is 0 Å². The second-order valence-corrected chi connectivity index (χ2v) is 10.8. The van der Waals surface area contributed by atoms with E-state index in [1.165, 1.54) is 28.0 Å². The normalized spacial score (nSPS) is 11.9. The molecule has 0 spiro atoms. The lowest BCUT2D eigenvalue weighted by Gasteiger charge is -2.21. The lowest BCUT2D eigenvalue weighted by Crippen LogP contribution is -2.34. The maximum Gasteiger partial charge on any atom is 0.234 e. The minimum absolute atomic E-state index is 0.0323. The van der Waals surface area contributed by atoms with Crippen molar-refractivity contribution in [3.05, 3.63) is 94.2 Å². The minimum Gasteiger partial charge on any atom is -0.360 e. The van der Waals surface area contributed by atoms with Gasteiger partial charge in [-0.2, -0.15) is 0 Å². The zero-order valence-electron chi connectivity index (χ0n) is 17.6. The number of nitrogens with one attached hydrogen (secondary N) is 2. The number of hydrogen-bond acceptors (Lipinski definition) is 7. The number of benzene rings is 2. The smallest absolute Gasteiger partial charge is 0.234 e. The summed E-state index contributed by atoms with van der Waals surface area (Å²) in [5.41, 5.74) is 2.11. The highest BCUT2D eigenvalue weighted by atomic mass is 32.2. The van der Waals surface area contributed by atoms with Crippen LogP contribution in [-0.4, -0.2) is 27.9 Å². The highest BCUT2D eigenvalue weighted by Gasteiger charge is 2.22. The number of carbonyl (C=O) groups is 1. The van der Waals surface area contributed by atoms with Gasteiger partial charge in [-0.1, -0.05) is 89.8 Å². The van der Waals surface area contributed by atoms with Gasteiger partial charge in [0.15, 0.2) is 4.34 Å². The SMILES string of the molecule is CC(Sc1nnc(NCCc2cccs2)s1)C(=O)NC(c1ccccc1)c1ccccc1. The van der Waals surface area contributed by atoms with Gasteiger partial charge < -0.3 is 10.6 Å². The van der Waals surface area contributed by atoms with Crippen LogP contribution in [0.5, 0.6) is 0 Å². The van der Waals surface area contributed by atoms with E-state index in [4.69, 9.17) is 0 Å². The quantitative estimate of drug-likeness (QED) is 0.288. The monoisotopic (exact) mass is 480 g/mol. The summed E-state index contributed by atoms with van der Waals surface area (Å²) in [6.45, 7) is 2.71. The Balaban J connectivity index is 1.35. The van der Waals surface area contributed by atoms with Crippen molar-refractivity contribution in [2.45, 2.75) is 29.0 Å². The first-order chi connectivity index (χ1) is 15.7. The molecule has 2 heterocycles. The molecule has 32 heavy (non-hydrogen) atoms. The summed E-state index contributed by atoms with van der Waals surface area (Å²) in [5.74, 6) is -0.0323. The number of amides is 1. The molecule has 5 nitrogen and oxygen atoms in total. The third-order valence-corrected chi connectivity index (χ3v) is 7.83. The maximum absolute atomic E-state index is 13.0. The minimum atomic E-state index is -0.295. The fraction of sp³-hybridized carbons (Fsp3) is 0.208. The molecule has 0 radical (unpaired) electrons. The van der Waals surface area contributed by atoms with E-state index in [1.807, 2.05) is 67.6 Å². The Labute approximate surface area is 200 Å². The van der Waals surface area contributed by atoms with E-state index in [9.17, 15) is 4.79 Å². The Hall–Kier alpha value is -2.68. The highest BCUT2D eigenvalue weighted by Crippen LogP contribution is 2.30. The number of rotatable bonds is 10. The third-order valence-electron chi connectivity index (χ3n) is 4.83. The number of carbonyl (C=O) groups excluding carboxylic acids is 1. The van der Waals surface area contributed by atoms with Crippen LogP contribution in [0.15, 0.2) is 82.5 Å². The second kappa shape index (κ2) is 11.3. The first-order valence-corrected chi connectivity index (χ1v) is 12.9. The van der Waals surface area contributed by atoms with E-state index in [2.05, 4.69) is 38.3 Å². The van der Waals surface area contributed by atoms with E-state index in [0.717, 1.165) is 33.6 Å². The van der Waals surface area contributed by atoms with Crippen molar-refractivity contribution in [1.82, 2.24) is 15.5 Å². The molecule has 2 aromatic heterocycles. The van der Waals surface area contributed by atoms with Crippen molar-refractivity contribution in [1.29, 1.82) is 0 Å². The van der Waals surface area contributed by atoms with Gasteiger partial charge in [0.1, 0.15) is 0 Å². The Morgan fingerprint density at radius 2 is 1.66 bits per heavy atom. The number of thiophene rings is 1. The summed E-state index contributed by atoms with van der Waals surface area (Å²) >= 11 is 4.67. The van der Waals surface area contributed by atoms with Gasteiger partial charge in [-0.05, 0) is 35.9 Å². The molecule has 0 aliphatic rings. The Bertz CT molecular complexity index is 1060. The molecule has 1 unspecified atom stereocenters. The van der Waals surface area contributed by atoms with E-state index >= 15 is 0 Å². The number of anilines is 1. The molecular formula is C24H24N4OS3. The van der Waals surface area contributed by atoms with E-state index in [0.29, 0.717) is 0 Å². The summed E-state index contributed by atoms with van der Waals surface area (Å²) in [4.78, 5) is 14.4. The first-order valence-electron chi connectivity index (χ1n) is 10.4. The average molecular weight is 481 g/mol. The molecule has 1 amide bonds. The molecule has 8 heteroatoms. The number of thioether (sulfide) groups is 1. The molecule has 4 aromatic rings. The Morgan fingerprint density at radius 1 is 0.969 bits per heavy atom. The van der Waals surface area contributed by atoms with Crippen molar-refractivity contribution in [2.24, 2.45) is 0 Å². The molecule has 2 N–H and O–H groups in total. The van der Waals surface area contributed by atoms with Crippen LogP contribution in [0.1, 0.15) is 29.0 Å². The van der Waals surface area contributed by atoms with Crippen LogP contribution in [-0.2, 0) is 11.2 Å². The van der Waals surface area contributed by atoms with Gasteiger partial charge in [-0.15, -0.1) is 21.5 Å². The van der Waals surface area contributed by atoms with Crippen molar-refractivity contribution in [3.63, 3.8) is 0 Å². The van der Waals surface area contributed by atoms with Crippen LogP contribution < -0.4 is 10.6 Å². The molecule has 4 rings (SSSR count). The molecule has 2 aromatic carbocycles. The van der Waals surface area contributed by atoms with Crippen molar-refractivity contribution < 1.29 is 4.79 Å². The second-order valence-electron chi connectivity index (χ2n) is 7.15.